The van der Waals surface area contributed by atoms with E-state index < -0.39 is 0 Å². The molecule has 0 fully saturated rings. The molecule has 124 valence electrons. The number of furan rings is 1. The van der Waals surface area contributed by atoms with Crippen LogP contribution in [0.1, 0.15) is 16.1 Å². The Hall–Kier alpha value is -2.70. The molecule has 4 aromatic rings. The van der Waals surface area contributed by atoms with Crippen LogP contribution in [0.3, 0.4) is 0 Å². The topological polar surface area (TPSA) is 68.0 Å². The van der Waals surface area contributed by atoms with Gasteiger partial charge in [-0.15, -0.1) is 0 Å². The van der Waals surface area contributed by atoms with Gasteiger partial charge in [-0.25, -0.2) is 0 Å². The number of anilines is 1. The van der Waals surface area contributed by atoms with E-state index in [9.17, 15) is 4.79 Å². The summed E-state index contributed by atoms with van der Waals surface area (Å²) >= 11 is 7.01. The van der Waals surface area contributed by atoms with Crippen molar-refractivity contribution in [1.82, 2.24) is 8.75 Å². The van der Waals surface area contributed by atoms with Gasteiger partial charge in [0.1, 0.15) is 16.8 Å². The second kappa shape index (κ2) is 6.31. The van der Waals surface area contributed by atoms with Crippen molar-refractivity contribution in [3.8, 4) is 11.3 Å². The first-order chi connectivity index (χ1) is 12.1. The summed E-state index contributed by atoms with van der Waals surface area (Å²) < 4.78 is 14.1. The maximum Gasteiger partial charge on any atom is 0.291 e. The van der Waals surface area contributed by atoms with Gasteiger partial charge < -0.3 is 9.73 Å². The molecule has 0 unspecified atom stereocenters. The van der Waals surface area contributed by atoms with Gasteiger partial charge in [-0.05, 0) is 55.0 Å². The number of benzene rings is 2. The van der Waals surface area contributed by atoms with Crippen molar-refractivity contribution in [2.45, 2.75) is 6.92 Å². The van der Waals surface area contributed by atoms with Crippen molar-refractivity contribution in [1.29, 1.82) is 0 Å². The number of carbonyl (C=O) groups is 1. The van der Waals surface area contributed by atoms with E-state index in [2.05, 4.69) is 14.1 Å². The Morgan fingerprint density at radius 2 is 1.88 bits per heavy atom. The smallest absolute Gasteiger partial charge is 0.291 e. The lowest BCUT2D eigenvalue weighted by molar-refractivity contribution is 0.0997. The summed E-state index contributed by atoms with van der Waals surface area (Å²) in [5.41, 5.74) is 3.86. The van der Waals surface area contributed by atoms with Crippen molar-refractivity contribution in [2.24, 2.45) is 0 Å². The summed E-state index contributed by atoms with van der Waals surface area (Å²) in [5, 5.41) is 3.53. The highest BCUT2D eigenvalue weighted by molar-refractivity contribution is 7.00. The summed E-state index contributed by atoms with van der Waals surface area (Å²) in [4.78, 5) is 12.6. The number of nitrogens with one attached hydrogen (secondary N) is 1. The van der Waals surface area contributed by atoms with Crippen molar-refractivity contribution < 1.29 is 9.21 Å². The molecule has 2 aromatic heterocycles. The van der Waals surface area contributed by atoms with Crippen LogP contribution >= 0.6 is 23.3 Å². The molecule has 1 amide bonds. The van der Waals surface area contributed by atoms with Crippen LogP contribution < -0.4 is 5.32 Å². The van der Waals surface area contributed by atoms with Crippen LogP contribution in [0.2, 0.25) is 5.02 Å². The minimum Gasteiger partial charge on any atom is -0.451 e. The highest BCUT2D eigenvalue weighted by Crippen LogP contribution is 2.28. The van der Waals surface area contributed by atoms with E-state index in [4.69, 9.17) is 16.0 Å². The Kier molecular flexibility index (Phi) is 3.99. The van der Waals surface area contributed by atoms with Gasteiger partial charge in [-0.3, -0.25) is 4.79 Å². The zero-order valence-electron chi connectivity index (χ0n) is 13.1. The largest absolute Gasteiger partial charge is 0.451 e. The van der Waals surface area contributed by atoms with Gasteiger partial charge in [0.05, 0.1) is 17.4 Å². The molecule has 2 heterocycles. The first kappa shape index (κ1) is 15.8. The molecule has 2 aromatic carbocycles. The number of hydrogen-bond acceptors (Lipinski definition) is 5. The molecule has 7 heteroatoms. The lowest BCUT2D eigenvalue weighted by Crippen LogP contribution is -2.12. The van der Waals surface area contributed by atoms with E-state index in [-0.39, 0.29) is 11.7 Å². The lowest BCUT2D eigenvalue weighted by atomic mass is 10.1. The molecule has 0 aliphatic carbocycles. The number of aromatic nitrogens is 2. The molecular formula is C18H12ClN3O2S. The first-order valence-electron chi connectivity index (χ1n) is 7.51. The number of hydrogen-bond donors (Lipinski definition) is 1. The summed E-state index contributed by atoms with van der Waals surface area (Å²) in [6.45, 7) is 1.91. The maximum absolute atomic E-state index is 12.6. The average Bonchev–Trinajstić information content (AvgIpc) is 3.27. The molecule has 25 heavy (non-hydrogen) atoms. The summed E-state index contributed by atoms with van der Waals surface area (Å²) in [6.07, 6.45) is 0. The monoisotopic (exact) mass is 369 g/mol. The molecule has 4 rings (SSSR count). The Morgan fingerprint density at radius 1 is 1.08 bits per heavy atom. The van der Waals surface area contributed by atoms with Gasteiger partial charge in [-0.1, -0.05) is 17.7 Å². The van der Waals surface area contributed by atoms with Crippen LogP contribution in [0.4, 0.5) is 5.69 Å². The summed E-state index contributed by atoms with van der Waals surface area (Å²) in [5.74, 6) is 0.500. The number of amides is 1. The van der Waals surface area contributed by atoms with E-state index in [1.54, 1.807) is 24.3 Å². The Labute approximate surface area is 152 Å². The molecule has 0 aliphatic rings. The second-order valence-electron chi connectivity index (χ2n) is 5.51. The Balaban J connectivity index is 1.62. The highest BCUT2D eigenvalue weighted by Gasteiger charge is 2.16. The Morgan fingerprint density at radius 3 is 2.68 bits per heavy atom. The van der Waals surface area contributed by atoms with Gasteiger partial charge in [0.2, 0.25) is 0 Å². The average molecular weight is 370 g/mol. The normalized spacial score (nSPS) is 11.0. The van der Waals surface area contributed by atoms with Crippen molar-refractivity contribution in [2.75, 3.05) is 5.32 Å². The quantitative estimate of drug-likeness (QED) is 0.541. The molecule has 1 N–H and O–H groups in total. The van der Waals surface area contributed by atoms with E-state index in [0.29, 0.717) is 22.0 Å². The van der Waals surface area contributed by atoms with Gasteiger partial charge in [0, 0.05) is 10.6 Å². The molecule has 0 saturated carbocycles. The van der Waals surface area contributed by atoms with Gasteiger partial charge in [0.25, 0.3) is 5.91 Å². The molecule has 0 atom stereocenters. The fourth-order valence-electron chi connectivity index (χ4n) is 2.51. The molecule has 5 nitrogen and oxygen atoms in total. The van der Waals surface area contributed by atoms with E-state index in [1.807, 2.05) is 31.2 Å². The number of fused-ring (bicyclic) bond motifs is 1. The fraction of sp³-hybridized carbons (Fsp3) is 0.0556. The first-order valence-corrected chi connectivity index (χ1v) is 8.61. The zero-order chi connectivity index (χ0) is 17.4. The maximum atomic E-state index is 12.6. The van der Waals surface area contributed by atoms with Crippen molar-refractivity contribution >= 4 is 46.0 Å². The summed E-state index contributed by atoms with van der Waals surface area (Å²) in [6, 6.07) is 14.4. The predicted octanol–water partition coefficient (Wildman–Crippen LogP) is 5.17. The molecule has 0 bridgehead atoms. The molecule has 0 saturated heterocycles. The highest BCUT2D eigenvalue weighted by atomic mass is 35.5. The van der Waals surface area contributed by atoms with Gasteiger partial charge >= 0.3 is 0 Å². The standard InChI is InChI=1S/C18H12ClN3O2S/c1-10-2-7-13-17(22-25-21-13)16(10)20-18(23)15-9-8-14(24-15)11-3-5-12(19)6-4-11/h2-9H,1H3,(H,20,23). The number of nitrogens with zero attached hydrogens (tertiary/aromatic N) is 2. The Bertz CT molecular complexity index is 1070. The fourth-order valence-corrected chi connectivity index (χ4v) is 3.18. The predicted molar refractivity (Wildman–Crippen MR) is 99.3 cm³/mol. The minimum atomic E-state index is -0.330. The van der Waals surface area contributed by atoms with Crippen LogP contribution in [0.5, 0.6) is 0 Å². The zero-order valence-corrected chi connectivity index (χ0v) is 14.7. The van der Waals surface area contributed by atoms with Crippen molar-refractivity contribution in [3.05, 3.63) is 64.9 Å². The third-order valence-corrected chi connectivity index (χ3v) is 4.63. The van der Waals surface area contributed by atoms with Crippen LogP contribution in [-0.4, -0.2) is 14.7 Å². The third-order valence-electron chi connectivity index (χ3n) is 3.83. The van der Waals surface area contributed by atoms with E-state index >= 15 is 0 Å². The van der Waals surface area contributed by atoms with Crippen LogP contribution in [0.15, 0.2) is 52.9 Å². The number of carbonyl (C=O) groups excluding carboxylic acids is 1. The van der Waals surface area contributed by atoms with Gasteiger partial charge in [0.15, 0.2) is 5.76 Å². The molecule has 0 aliphatic heterocycles. The third kappa shape index (κ3) is 3.01. The van der Waals surface area contributed by atoms with Crippen molar-refractivity contribution in [3.63, 3.8) is 0 Å². The van der Waals surface area contributed by atoms with E-state index in [1.165, 1.54) is 0 Å². The lowest BCUT2D eigenvalue weighted by Gasteiger charge is -2.07. The molecule has 0 radical (unpaired) electrons. The molecule has 0 spiro atoms. The number of rotatable bonds is 3. The second-order valence-corrected chi connectivity index (χ2v) is 6.48. The van der Waals surface area contributed by atoms with Gasteiger partial charge in [-0.2, -0.15) is 8.75 Å². The summed E-state index contributed by atoms with van der Waals surface area (Å²) in [7, 11) is 0. The minimum absolute atomic E-state index is 0.226. The number of halogens is 1. The van der Waals surface area contributed by atoms with Crippen LogP contribution in [0, 0.1) is 6.92 Å². The SMILES string of the molecule is Cc1ccc2nsnc2c1NC(=O)c1ccc(-c2ccc(Cl)cc2)o1. The van der Waals surface area contributed by atoms with E-state index in [0.717, 1.165) is 28.4 Å². The number of aryl methyl sites for hydroxylation is 1. The molecular weight excluding hydrogens is 358 g/mol. The van der Waals surface area contributed by atoms with Crippen LogP contribution in [-0.2, 0) is 0 Å². The van der Waals surface area contributed by atoms with Crippen LogP contribution in [0.25, 0.3) is 22.4 Å².